The molecule has 1 aliphatic heterocycles. The van der Waals surface area contributed by atoms with Crippen molar-refractivity contribution in [1.29, 1.82) is 0 Å². The molecule has 3 aromatic rings. The summed E-state index contributed by atoms with van der Waals surface area (Å²) in [7, 11) is 1.92. The molecule has 2 heterocycles. The molecule has 1 aliphatic rings. The van der Waals surface area contributed by atoms with Crippen molar-refractivity contribution in [2.24, 2.45) is 5.92 Å². The third-order valence-electron chi connectivity index (χ3n) is 6.11. The number of amides is 1. The minimum absolute atomic E-state index is 0.0126. The van der Waals surface area contributed by atoms with E-state index in [-0.39, 0.29) is 16.7 Å². The fourth-order valence-electron chi connectivity index (χ4n) is 4.05. The third-order valence-corrected chi connectivity index (χ3v) is 9.31. The van der Waals surface area contributed by atoms with E-state index in [2.05, 4.69) is 0 Å². The zero-order valence-corrected chi connectivity index (χ0v) is 22.4. The lowest BCUT2D eigenvalue weighted by molar-refractivity contribution is -0.123. The van der Waals surface area contributed by atoms with Gasteiger partial charge in [-0.05, 0) is 69.4 Å². The highest BCUT2D eigenvalue weighted by Crippen LogP contribution is 2.33. The van der Waals surface area contributed by atoms with E-state index in [9.17, 15) is 13.2 Å². The van der Waals surface area contributed by atoms with Gasteiger partial charge in [0.2, 0.25) is 15.9 Å². The molecule has 0 bridgehead atoms. The van der Waals surface area contributed by atoms with Crippen molar-refractivity contribution in [1.82, 2.24) is 14.2 Å². The molecule has 1 aromatic heterocycles. The van der Waals surface area contributed by atoms with Crippen LogP contribution < -0.4 is 9.64 Å². The summed E-state index contributed by atoms with van der Waals surface area (Å²) in [6.07, 6.45) is 0.922. The number of halogens is 1. The normalized spacial score (nSPS) is 15.6. The summed E-state index contributed by atoms with van der Waals surface area (Å²) in [4.78, 5) is 22.4. The lowest BCUT2D eigenvalue weighted by atomic mass is 9.96. The summed E-state index contributed by atoms with van der Waals surface area (Å²) in [6.45, 7) is 1.78. The predicted octanol–water partition coefficient (Wildman–Crippen LogP) is 3.95. The van der Waals surface area contributed by atoms with E-state index in [4.69, 9.17) is 21.3 Å². The van der Waals surface area contributed by atoms with Gasteiger partial charge in [0.05, 0.1) is 22.2 Å². The summed E-state index contributed by atoms with van der Waals surface area (Å²) in [6, 6.07) is 11.8. The van der Waals surface area contributed by atoms with Crippen molar-refractivity contribution in [2.75, 3.05) is 52.3 Å². The first kappa shape index (κ1) is 25.8. The zero-order chi connectivity index (χ0) is 25.2. The molecule has 0 saturated carbocycles. The van der Waals surface area contributed by atoms with Gasteiger partial charge in [0.15, 0.2) is 5.13 Å². The van der Waals surface area contributed by atoms with Gasteiger partial charge in [-0.25, -0.2) is 13.4 Å². The first-order valence-electron chi connectivity index (χ1n) is 11.4. The van der Waals surface area contributed by atoms with E-state index in [1.165, 1.54) is 27.8 Å². The predicted molar refractivity (Wildman–Crippen MR) is 140 cm³/mol. The lowest BCUT2D eigenvalue weighted by Gasteiger charge is -2.33. The molecular formula is C24H29ClN4O4S2. The second kappa shape index (κ2) is 10.8. The number of ether oxygens (including phenoxy) is 1. The number of hydrogen-bond donors (Lipinski definition) is 0. The van der Waals surface area contributed by atoms with Crippen molar-refractivity contribution in [3.63, 3.8) is 0 Å². The summed E-state index contributed by atoms with van der Waals surface area (Å²) in [5, 5.41) is 1.13. The Morgan fingerprint density at radius 1 is 1.14 bits per heavy atom. The number of sulfonamides is 1. The SMILES string of the molecule is COc1ccc2nc(N(CCN(C)C)C(=O)C3CCN(S(=O)(=O)c4ccc(Cl)cc4)CC3)sc2c1. The maximum absolute atomic E-state index is 13.6. The standard InChI is InChI=1S/C24H29ClN4O4S2/c1-27(2)14-15-29(24-26-21-9-6-19(33-3)16-22(21)34-24)23(30)17-10-12-28(13-11-17)35(31,32)20-7-4-18(25)5-8-20/h4-9,16-17H,10-15H2,1-3H3. The van der Waals surface area contributed by atoms with Crippen LogP contribution in [0.5, 0.6) is 5.75 Å². The molecule has 35 heavy (non-hydrogen) atoms. The number of piperidine rings is 1. The van der Waals surface area contributed by atoms with Gasteiger partial charge in [-0.2, -0.15) is 4.31 Å². The number of carbonyl (C=O) groups excluding carboxylic acids is 1. The summed E-state index contributed by atoms with van der Waals surface area (Å²) >= 11 is 7.36. The molecule has 0 spiro atoms. The first-order chi connectivity index (χ1) is 16.7. The Balaban J connectivity index is 1.51. The maximum atomic E-state index is 13.6. The Morgan fingerprint density at radius 2 is 1.83 bits per heavy atom. The highest BCUT2D eigenvalue weighted by Gasteiger charge is 2.35. The van der Waals surface area contributed by atoms with Crippen molar-refractivity contribution < 1.29 is 17.9 Å². The molecule has 11 heteroatoms. The number of likely N-dealkylation sites (N-methyl/N-ethyl adjacent to an activating group) is 1. The number of aromatic nitrogens is 1. The number of rotatable bonds is 8. The van der Waals surface area contributed by atoms with Gasteiger partial charge >= 0.3 is 0 Å². The van der Waals surface area contributed by atoms with Crippen LogP contribution in [0.2, 0.25) is 5.02 Å². The van der Waals surface area contributed by atoms with Crippen molar-refractivity contribution in [3.8, 4) is 5.75 Å². The van der Waals surface area contributed by atoms with Gasteiger partial charge in [-0.3, -0.25) is 9.69 Å². The van der Waals surface area contributed by atoms with Crippen LogP contribution in [0.1, 0.15) is 12.8 Å². The van der Waals surface area contributed by atoms with Gasteiger partial charge in [-0.1, -0.05) is 22.9 Å². The van der Waals surface area contributed by atoms with Gasteiger partial charge in [0, 0.05) is 37.1 Å². The van der Waals surface area contributed by atoms with Crippen molar-refractivity contribution in [3.05, 3.63) is 47.5 Å². The molecule has 0 unspecified atom stereocenters. The second-order valence-electron chi connectivity index (χ2n) is 8.76. The highest BCUT2D eigenvalue weighted by atomic mass is 35.5. The topological polar surface area (TPSA) is 83.1 Å². The summed E-state index contributed by atoms with van der Waals surface area (Å²) in [5.74, 6) is 0.463. The van der Waals surface area contributed by atoms with E-state index in [0.29, 0.717) is 49.2 Å². The number of methoxy groups -OCH3 is 1. The van der Waals surface area contributed by atoms with Gasteiger partial charge in [0.25, 0.3) is 0 Å². The minimum atomic E-state index is -3.62. The van der Waals surface area contributed by atoms with Gasteiger partial charge in [0.1, 0.15) is 5.75 Å². The van der Waals surface area contributed by atoms with E-state index < -0.39 is 10.0 Å². The average Bonchev–Trinajstić information content (AvgIpc) is 3.27. The van der Waals surface area contributed by atoms with Crippen molar-refractivity contribution in [2.45, 2.75) is 17.7 Å². The zero-order valence-electron chi connectivity index (χ0n) is 20.0. The van der Waals surface area contributed by atoms with E-state index >= 15 is 0 Å². The number of hydrogen-bond acceptors (Lipinski definition) is 7. The Hall–Kier alpha value is -2.24. The third kappa shape index (κ3) is 5.78. The Bertz CT molecular complexity index is 1290. The van der Waals surface area contributed by atoms with Crippen LogP contribution in [-0.2, 0) is 14.8 Å². The molecule has 1 fully saturated rings. The first-order valence-corrected chi connectivity index (χ1v) is 14.0. The second-order valence-corrected chi connectivity index (χ2v) is 12.1. The van der Waals surface area contributed by atoms with Crippen LogP contribution in [0.15, 0.2) is 47.4 Å². The molecule has 1 amide bonds. The van der Waals surface area contributed by atoms with Crippen LogP contribution in [-0.4, -0.2) is 75.9 Å². The fourth-order valence-corrected chi connectivity index (χ4v) is 6.68. The van der Waals surface area contributed by atoms with Gasteiger partial charge in [-0.15, -0.1) is 0 Å². The average molecular weight is 537 g/mol. The number of benzene rings is 2. The Morgan fingerprint density at radius 3 is 2.46 bits per heavy atom. The van der Waals surface area contributed by atoms with E-state index in [1.807, 2.05) is 37.2 Å². The molecule has 1 saturated heterocycles. The molecule has 4 rings (SSSR count). The largest absolute Gasteiger partial charge is 0.497 e. The molecule has 0 atom stereocenters. The van der Waals surface area contributed by atoms with Crippen LogP contribution in [0, 0.1) is 5.92 Å². The quantitative estimate of drug-likeness (QED) is 0.433. The molecule has 8 nitrogen and oxygen atoms in total. The smallest absolute Gasteiger partial charge is 0.243 e. The number of anilines is 1. The van der Waals surface area contributed by atoms with E-state index in [1.54, 1.807) is 24.1 Å². The summed E-state index contributed by atoms with van der Waals surface area (Å²) < 4.78 is 33.8. The van der Waals surface area contributed by atoms with Crippen LogP contribution in [0.3, 0.4) is 0 Å². The molecule has 2 aromatic carbocycles. The summed E-state index contributed by atoms with van der Waals surface area (Å²) in [5.41, 5.74) is 0.817. The lowest BCUT2D eigenvalue weighted by Crippen LogP contribution is -2.46. The Kier molecular flexibility index (Phi) is 7.97. The minimum Gasteiger partial charge on any atom is -0.497 e. The van der Waals surface area contributed by atoms with E-state index in [0.717, 1.165) is 16.0 Å². The molecular weight excluding hydrogens is 508 g/mol. The molecule has 0 radical (unpaired) electrons. The maximum Gasteiger partial charge on any atom is 0.243 e. The number of nitrogens with zero attached hydrogens (tertiary/aromatic N) is 4. The van der Waals surface area contributed by atoms with Crippen molar-refractivity contribution >= 4 is 54.2 Å². The Labute approximate surface area is 215 Å². The van der Waals surface area contributed by atoms with Crippen LogP contribution in [0.25, 0.3) is 10.2 Å². The molecule has 0 N–H and O–H groups in total. The van der Waals surface area contributed by atoms with Crippen LogP contribution >= 0.6 is 22.9 Å². The fraction of sp³-hybridized carbons (Fsp3) is 0.417. The van der Waals surface area contributed by atoms with Crippen LogP contribution in [0.4, 0.5) is 5.13 Å². The molecule has 188 valence electrons. The number of carbonyl (C=O) groups is 1. The van der Waals surface area contributed by atoms with Gasteiger partial charge < -0.3 is 9.64 Å². The monoisotopic (exact) mass is 536 g/mol. The number of thiazole rings is 1. The number of fused-ring (bicyclic) bond motifs is 1. The highest BCUT2D eigenvalue weighted by molar-refractivity contribution is 7.89. The molecule has 0 aliphatic carbocycles.